The summed E-state index contributed by atoms with van der Waals surface area (Å²) in [5, 5.41) is 2.79. The molecule has 0 fully saturated rings. The first-order valence-electron chi connectivity index (χ1n) is 7.20. The van der Waals surface area contributed by atoms with Gasteiger partial charge >= 0.3 is 0 Å². The highest BCUT2D eigenvalue weighted by molar-refractivity contribution is 6.05. The van der Waals surface area contributed by atoms with E-state index in [1.54, 1.807) is 42.5 Å². The van der Waals surface area contributed by atoms with E-state index in [1.165, 1.54) is 0 Å². The number of carbonyl (C=O) groups excluding carboxylic acids is 1. The van der Waals surface area contributed by atoms with Crippen LogP contribution in [0, 0.1) is 0 Å². The molecule has 22 heavy (non-hydrogen) atoms. The van der Waals surface area contributed by atoms with Crippen LogP contribution in [0.15, 0.2) is 42.5 Å². The average Bonchev–Trinajstić information content (AvgIpc) is 2.51. The summed E-state index contributed by atoms with van der Waals surface area (Å²) in [7, 11) is 0. The maximum Gasteiger partial charge on any atom is 0.255 e. The Bertz CT molecular complexity index is 639. The van der Waals surface area contributed by atoms with Crippen molar-refractivity contribution < 1.29 is 14.3 Å². The number of amides is 1. The molecule has 0 aliphatic carbocycles. The van der Waals surface area contributed by atoms with E-state index in [1.807, 2.05) is 13.8 Å². The molecule has 0 saturated carbocycles. The van der Waals surface area contributed by atoms with Gasteiger partial charge < -0.3 is 20.5 Å². The highest BCUT2D eigenvalue weighted by Crippen LogP contribution is 2.25. The zero-order valence-electron chi connectivity index (χ0n) is 12.8. The Hall–Kier alpha value is -2.69. The quantitative estimate of drug-likeness (QED) is 0.803. The van der Waals surface area contributed by atoms with Crippen LogP contribution in [0.4, 0.5) is 11.4 Å². The lowest BCUT2D eigenvalue weighted by Crippen LogP contribution is -2.13. The molecule has 0 heterocycles. The smallest absolute Gasteiger partial charge is 0.255 e. The molecule has 2 aromatic carbocycles. The predicted molar refractivity (Wildman–Crippen MR) is 87.6 cm³/mol. The number of hydrogen-bond acceptors (Lipinski definition) is 4. The maximum absolute atomic E-state index is 12.2. The molecule has 2 rings (SSSR count). The largest absolute Gasteiger partial charge is 0.494 e. The van der Waals surface area contributed by atoms with Crippen LogP contribution in [0.3, 0.4) is 0 Å². The van der Waals surface area contributed by atoms with Crippen molar-refractivity contribution in [2.45, 2.75) is 13.8 Å². The molecule has 5 heteroatoms. The lowest BCUT2D eigenvalue weighted by atomic mass is 10.2. The van der Waals surface area contributed by atoms with Crippen molar-refractivity contribution >= 4 is 17.3 Å². The minimum Gasteiger partial charge on any atom is -0.494 e. The van der Waals surface area contributed by atoms with Crippen LogP contribution in [-0.4, -0.2) is 19.1 Å². The highest BCUT2D eigenvalue weighted by Gasteiger charge is 2.09. The molecule has 0 aliphatic rings. The average molecular weight is 300 g/mol. The van der Waals surface area contributed by atoms with Gasteiger partial charge in [0.05, 0.1) is 24.6 Å². The van der Waals surface area contributed by atoms with Crippen molar-refractivity contribution in [3.63, 3.8) is 0 Å². The molecule has 116 valence electrons. The summed E-state index contributed by atoms with van der Waals surface area (Å²) in [6.07, 6.45) is 0. The Morgan fingerprint density at radius 1 is 1.00 bits per heavy atom. The van der Waals surface area contributed by atoms with Gasteiger partial charge in [-0.1, -0.05) is 0 Å². The second-order valence-corrected chi connectivity index (χ2v) is 4.59. The number of nitrogen functional groups attached to an aromatic ring is 1. The summed E-state index contributed by atoms with van der Waals surface area (Å²) in [4.78, 5) is 12.2. The summed E-state index contributed by atoms with van der Waals surface area (Å²) < 4.78 is 10.7. The molecule has 0 unspecified atom stereocenters. The van der Waals surface area contributed by atoms with Gasteiger partial charge in [0.1, 0.15) is 11.5 Å². The van der Waals surface area contributed by atoms with Crippen LogP contribution in [-0.2, 0) is 0 Å². The van der Waals surface area contributed by atoms with Gasteiger partial charge in [0.15, 0.2) is 0 Å². The number of nitrogens with one attached hydrogen (secondary N) is 1. The van der Waals surface area contributed by atoms with Gasteiger partial charge in [-0.25, -0.2) is 0 Å². The van der Waals surface area contributed by atoms with Gasteiger partial charge in [0, 0.05) is 11.6 Å². The van der Waals surface area contributed by atoms with E-state index in [0.717, 1.165) is 5.75 Å². The molecule has 3 N–H and O–H groups in total. The number of rotatable bonds is 6. The Labute approximate surface area is 130 Å². The van der Waals surface area contributed by atoms with Crippen LogP contribution in [0.1, 0.15) is 24.2 Å². The van der Waals surface area contributed by atoms with Crippen molar-refractivity contribution in [3.05, 3.63) is 48.0 Å². The Morgan fingerprint density at radius 2 is 1.59 bits per heavy atom. The Balaban J connectivity index is 2.08. The minimum atomic E-state index is -0.223. The van der Waals surface area contributed by atoms with E-state index in [-0.39, 0.29) is 5.91 Å². The van der Waals surface area contributed by atoms with Crippen LogP contribution >= 0.6 is 0 Å². The highest BCUT2D eigenvalue weighted by atomic mass is 16.5. The van der Waals surface area contributed by atoms with Gasteiger partial charge in [-0.15, -0.1) is 0 Å². The molecular formula is C17H20N2O3. The van der Waals surface area contributed by atoms with Gasteiger partial charge in [-0.3, -0.25) is 4.79 Å². The summed E-state index contributed by atoms with van der Waals surface area (Å²) in [6, 6.07) is 12.1. The molecule has 0 spiro atoms. The summed E-state index contributed by atoms with van der Waals surface area (Å²) in [5.74, 6) is 1.19. The molecule has 0 bridgehead atoms. The van der Waals surface area contributed by atoms with Gasteiger partial charge in [0.25, 0.3) is 5.91 Å². The third-order valence-corrected chi connectivity index (χ3v) is 3.01. The SMILES string of the molecule is CCOc1ccc(C(=O)Nc2ccc(OCC)cc2N)cc1. The van der Waals surface area contributed by atoms with Crippen molar-refractivity contribution in [3.8, 4) is 11.5 Å². The lowest BCUT2D eigenvalue weighted by Gasteiger charge is -2.11. The van der Waals surface area contributed by atoms with Crippen LogP contribution in [0.25, 0.3) is 0 Å². The molecule has 0 atom stereocenters. The third kappa shape index (κ3) is 3.91. The van der Waals surface area contributed by atoms with Gasteiger partial charge in [-0.05, 0) is 50.2 Å². The number of carbonyl (C=O) groups is 1. The summed E-state index contributed by atoms with van der Waals surface area (Å²) >= 11 is 0. The number of nitrogens with two attached hydrogens (primary N) is 1. The first-order chi connectivity index (χ1) is 10.6. The predicted octanol–water partition coefficient (Wildman–Crippen LogP) is 3.32. The standard InChI is InChI=1S/C17H20N2O3/c1-3-21-13-7-5-12(6-8-13)17(20)19-16-10-9-14(22-4-2)11-15(16)18/h5-11H,3-4,18H2,1-2H3,(H,19,20). The molecule has 0 aliphatic heterocycles. The van der Waals surface area contributed by atoms with E-state index < -0.39 is 0 Å². The number of anilines is 2. The molecular weight excluding hydrogens is 280 g/mol. The molecule has 0 radical (unpaired) electrons. The second kappa shape index (κ2) is 7.36. The molecule has 2 aromatic rings. The summed E-state index contributed by atoms with van der Waals surface area (Å²) in [6.45, 7) is 4.97. The fourth-order valence-corrected chi connectivity index (χ4v) is 1.97. The van der Waals surface area contributed by atoms with Crippen LogP contribution in [0.2, 0.25) is 0 Å². The van der Waals surface area contributed by atoms with E-state index in [4.69, 9.17) is 15.2 Å². The lowest BCUT2D eigenvalue weighted by molar-refractivity contribution is 0.102. The first kappa shape index (κ1) is 15.7. The Kier molecular flexibility index (Phi) is 5.25. The monoisotopic (exact) mass is 300 g/mol. The normalized spacial score (nSPS) is 10.1. The second-order valence-electron chi connectivity index (χ2n) is 4.59. The number of hydrogen-bond donors (Lipinski definition) is 2. The maximum atomic E-state index is 12.2. The zero-order chi connectivity index (χ0) is 15.9. The zero-order valence-corrected chi connectivity index (χ0v) is 12.8. The van der Waals surface area contributed by atoms with Gasteiger partial charge in [0.2, 0.25) is 0 Å². The molecule has 0 aromatic heterocycles. The Morgan fingerprint density at radius 3 is 2.18 bits per heavy atom. The van der Waals surface area contributed by atoms with E-state index in [9.17, 15) is 4.79 Å². The van der Waals surface area contributed by atoms with Crippen LogP contribution < -0.4 is 20.5 Å². The minimum absolute atomic E-state index is 0.223. The van der Waals surface area contributed by atoms with E-state index >= 15 is 0 Å². The van der Waals surface area contributed by atoms with Crippen molar-refractivity contribution in [2.24, 2.45) is 0 Å². The molecule has 1 amide bonds. The van der Waals surface area contributed by atoms with Crippen molar-refractivity contribution in [1.29, 1.82) is 0 Å². The van der Waals surface area contributed by atoms with Crippen LogP contribution in [0.5, 0.6) is 11.5 Å². The number of benzene rings is 2. The molecule has 5 nitrogen and oxygen atoms in total. The first-order valence-corrected chi connectivity index (χ1v) is 7.20. The fourth-order valence-electron chi connectivity index (χ4n) is 1.97. The van der Waals surface area contributed by atoms with E-state index in [2.05, 4.69) is 5.32 Å². The van der Waals surface area contributed by atoms with Crippen molar-refractivity contribution in [1.82, 2.24) is 0 Å². The van der Waals surface area contributed by atoms with E-state index in [0.29, 0.717) is 35.9 Å². The molecule has 0 saturated heterocycles. The van der Waals surface area contributed by atoms with Gasteiger partial charge in [-0.2, -0.15) is 0 Å². The third-order valence-electron chi connectivity index (χ3n) is 3.01. The number of ether oxygens (including phenoxy) is 2. The fraction of sp³-hybridized carbons (Fsp3) is 0.235. The summed E-state index contributed by atoms with van der Waals surface area (Å²) in [5.41, 5.74) is 7.49. The topological polar surface area (TPSA) is 73.6 Å². The van der Waals surface area contributed by atoms with Crippen molar-refractivity contribution in [2.75, 3.05) is 24.3 Å².